The van der Waals surface area contributed by atoms with Gasteiger partial charge in [-0.2, -0.15) is 0 Å². The Bertz CT molecular complexity index is 411. The van der Waals surface area contributed by atoms with E-state index in [0.717, 1.165) is 37.3 Å². The van der Waals surface area contributed by atoms with E-state index in [2.05, 4.69) is 16.8 Å². The van der Waals surface area contributed by atoms with Crippen LogP contribution < -0.4 is 5.73 Å². The molecule has 100 valence electrons. The first-order valence-corrected chi connectivity index (χ1v) is 7.02. The molecule has 0 aliphatic carbocycles. The van der Waals surface area contributed by atoms with Crippen LogP contribution >= 0.6 is 23.2 Å². The topological polar surface area (TPSA) is 42.1 Å². The summed E-state index contributed by atoms with van der Waals surface area (Å²) >= 11 is 12.4. The highest BCUT2D eigenvalue weighted by atomic mass is 35.5. The second kappa shape index (κ2) is 5.74. The van der Waals surface area contributed by atoms with Gasteiger partial charge in [0.1, 0.15) is 5.15 Å². The van der Waals surface area contributed by atoms with Gasteiger partial charge in [0.25, 0.3) is 0 Å². The van der Waals surface area contributed by atoms with Gasteiger partial charge < -0.3 is 5.73 Å². The van der Waals surface area contributed by atoms with Crippen molar-refractivity contribution >= 4 is 23.2 Å². The number of aromatic nitrogens is 1. The minimum atomic E-state index is 0.247. The minimum Gasteiger partial charge on any atom is -0.328 e. The van der Waals surface area contributed by atoms with E-state index in [0.29, 0.717) is 16.1 Å². The number of pyridine rings is 1. The zero-order chi connectivity index (χ0) is 13.3. The minimum absolute atomic E-state index is 0.247. The van der Waals surface area contributed by atoms with Crippen molar-refractivity contribution in [3.8, 4) is 0 Å². The van der Waals surface area contributed by atoms with Crippen LogP contribution in [0.3, 0.4) is 0 Å². The predicted molar refractivity (Wildman–Crippen MR) is 76.0 cm³/mol. The SMILES string of the molecule is Cc1cc(Cl)c(CN2CCC(C(C)N)C2)c(Cl)n1. The Kier molecular flexibility index (Phi) is 4.49. The Labute approximate surface area is 118 Å². The summed E-state index contributed by atoms with van der Waals surface area (Å²) in [5.41, 5.74) is 7.72. The van der Waals surface area contributed by atoms with Crippen molar-refractivity contribution in [1.29, 1.82) is 0 Å². The second-order valence-corrected chi connectivity index (χ2v) is 5.92. The third-order valence-corrected chi connectivity index (χ3v) is 4.23. The maximum Gasteiger partial charge on any atom is 0.135 e. The van der Waals surface area contributed by atoms with E-state index in [1.165, 1.54) is 0 Å². The van der Waals surface area contributed by atoms with Crippen LogP contribution in [0, 0.1) is 12.8 Å². The Hall–Kier alpha value is -0.350. The summed E-state index contributed by atoms with van der Waals surface area (Å²) in [6, 6.07) is 2.11. The van der Waals surface area contributed by atoms with Crippen molar-refractivity contribution < 1.29 is 0 Å². The molecule has 0 radical (unpaired) electrons. The summed E-state index contributed by atoms with van der Waals surface area (Å²) in [6.45, 7) is 6.78. The first kappa shape index (κ1) is 14.1. The van der Waals surface area contributed by atoms with Gasteiger partial charge in [-0.25, -0.2) is 4.98 Å². The molecule has 2 N–H and O–H groups in total. The number of hydrogen-bond donors (Lipinski definition) is 1. The molecule has 0 amide bonds. The molecular formula is C13H19Cl2N3. The summed E-state index contributed by atoms with van der Waals surface area (Å²) in [6.07, 6.45) is 1.15. The van der Waals surface area contributed by atoms with Gasteiger partial charge in [0.05, 0.1) is 0 Å². The summed E-state index contributed by atoms with van der Waals surface area (Å²) in [7, 11) is 0. The first-order valence-electron chi connectivity index (χ1n) is 6.27. The van der Waals surface area contributed by atoms with Gasteiger partial charge in [0.15, 0.2) is 0 Å². The maximum atomic E-state index is 6.24. The second-order valence-electron chi connectivity index (χ2n) is 5.16. The highest BCUT2D eigenvalue weighted by Gasteiger charge is 2.26. The number of halogens is 2. The predicted octanol–water partition coefficient (Wildman–Crippen LogP) is 2.87. The van der Waals surface area contributed by atoms with Crippen molar-refractivity contribution in [3.63, 3.8) is 0 Å². The van der Waals surface area contributed by atoms with Crippen LogP contribution in [-0.4, -0.2) is 29.0 Å². The van der Waals surface area contributed by atoms with E-state index in [-0.39, 0.29) is 6.04 Å². The number of aryl methyl sites for hydroxylation is 1. The van der Waals surface area contributed by atoms with Crippen LogP contribution in [0.4, 0.5) is 0 Å². The molecule has 2 atom stereocenters. The first-order chi connectivity index (χ1) is 8.47. The molecule has 0 aromatic carbocycles. The van der Waals surface area contributed by atoms with E-state index >= 15 is 0 Å². The molecule has 1 aromatic heterocycles. The Morgan fingerprint density at radius 3 is 2.83 bits per heavy atom. The monoisotopic (exact) mass is 287 g/mol. The summed E-state index contributed by atoms with van der Waals surface area (Å²) < 4.78 is 0. The lowest BCUT2D eigenvalue weighted by Gasteiger charge is -2.19. The summed E-state index contributed by atoms with van der Waals surface area (Å²) in [4.78, 5) is 6.61. The fraction of sp³-hybridized carbons (Fsp3) is 0.615. The van der Waals surface area contributed by atoms with Gasteiger partial charge in [-0.1, -0.05) is 23.2 Å². The number of likely N-dealkylation sites (tertiary alicyclic amines) is 1. The van der Waals surface area contributed by atoms with Crippen LogP contribution in [0.1, 0.15) is 24.6 Å². The average molecular weight is 288 g/mol. The van der Waals surface area contributed by atoms with Gasteiger partial charge in [-0.15, -0.1) is 0 Å². The van der Waals surface area contributed by atoms with E-state index < -0.39 is 0 Å². The van der Waals surface area contributed by atoms with Gasteiger partial charge in [0, 0.05) is 35.4 Å². The van der Waals surface area contributed by atoms with E-state index in [1.54, 1.807) is 0 Å². The number of nitrogens with zero attached hydrogens (tertiary/aromatic N) is 2. The van der Waals surface area contributed by atoms with E-state index in [1.807, 2.05) is 13.0 Å². The maximum absolute atomic E-state index is 6.24. The molecule has 18 heavy (non-hydrogen) atoms. The fourth-order valence-electron chi connectivity index (χ4n) is 2.42. The van der Waals surface area contributed by atoms with Gasteiger partial charge in [-0.3, -0.25) is 4.90 Å². The Morgan fingerprint density at radius 1 is 1.56 bits per heavy atom. The molecule has 1 fully saturated rings. The molecule has 2 rings (SSSR count). The van der Waals surface area contributed by atoms with Crippen LogP contribution in [0.5, 0.6) is 0 Å². The zero-order valence-corrected chi connectivity index (χ0v) is 12.3. The number of hydrogen-bond acceptors (Lipinski definition) is 3. The number of rotatable bonds is 3. The molecule has 1 saturated heterocycles. The van der Waals surface area contributed by atoms with Crippen molar-refractivity contribution in [2.75, 3.05) is 13.1 Å². The highest BCUT2D eigenvalue weighted by molar-refractivity contribution is 6.35. The standard InChI is InChI=1S/C13H19Cl2N3/c1-8-5-12(14)11(13(15)17-8)7-18-4-3-10(6-18)9(2)16/h5,9-10H,3-4,6-7,16H2,1-2H3. The van der Waals surface area contributed by atoms with Gasteiger partial charge in [-0.05, 0) is 38.8 Å². The van der Waals surface area contributed by atoms with Crippen LogP contribution in [-0.2, 0) is 6.54 Å². The highest BCUT2D eigenvalue weighted by Crippen LogP contribution is 2.28. The molecule has 0 spiro atoms. The molecule has 0 saturated carbocycles. The van der Waals surface area contributed by atoms with E-state index in [4.69, 9.17) is 28.9 Å². The van der Waals surface area contributed by atoms with Crippen molar-refractivity contribution in [2.24, 2.45) is 11.7 Å². The zero-order valence-electron chi connectivity index (χ0n) is 10.8. The summed E-state index contributed by atoms with van der Waals surface area (Å²) in [5.74, 6) is 0.570. The molecule has 3 nitrogen and oxygen atoms in total. The third kappa shape index (κ3) is 3.15. The fourth-order valence-corrected chi connectivity index (χ4v) is 3.07. The van der Waals surface area contributed by atoms with Gasteiger partial charge in [0.2, 0.25) is 0 Å². The quantitative estimate of drug-likeness (QED) is 0.870. The van der Waals surface area contributed by atoms with Crippen LogP contribution in [0.25, 0.3) is 0 Å². The van der Waals surface area contributed by atoms with Crippen LogP contribution in [0.15, 0.2) is 6.07 Å². The Morgan fingerprint density at radius 2 is 2.28 bits per heavy atom. The number of nitrogens with two attached hydrogens (primary N) is 1. The largest absolute Gasteiger partial charge is 0.328 e. The molecule has 1 aliphatic heterocycles. The summed E-state index contributed by atoms with van der Waals surface area (Å²) in [5, 5.41) is 1.22. The lowest BCUT2D eigenvalue weighted by atomic mass is 10.0. The molecule has 1 aliphatic rings. The molecule has 2 heterocycles. The lowest BCUT2D eigenvalue weighted by Crippen LogP contribution is -2.29. The van der Waals surface area contributed by atoms with Crippen molar-refractivity contribution in [1.82, 2.24) is 9.88 Å². The smallest absolute Gasteiger partial charge is 0.135 e. The lowest BCUT2D eigenvalue weighted by molar-refractivity contribution is 0.308. The molecule has 2 unspecified atom stereocenters. The molecular weight excluding hydrogens is 269 g/mol. The third-order valence-electron chi connectivity index (χ3n) is 3.58. The average Bonchev–Trinajstić information content (AvgIpc) is 2.71. The van der Waals surface area contributed by atoms with Crippen molar-refractivity contribution in [2.45, 2.75) is 32.9 Å². The van der Waals surface area contributed by atoms with Crippen LogP contribution in [0.2, 0.25) is 10.2 Å². The van der Waals surface area contributed by atoms with E-state index in [9.17, 15) is 0 Å². The normalized spacial score (nSPS) is 22.4. The Balaban J connectivity index is 2.07. The molecule has 0 bridgehead atoms. The van der Waals surface area contributed by atoms with Crippen molar-refractivity contribution in [3.05, 3.63) is 27.5 Å². The molecule has 5 heteroatoms. The van der Waals surface area contributed by atoms with Gasteiger partial charge >= 0.3 is 0 Å². The molecule has 1 aromatic rings.